The fraction of sp³-hybridized carbons (Fsp3) is 0.929. The van der Waals surface area contributed by atoms with Gasteiger partial charge in [-0.3, -0.25) is 4.79 Å². The molecule has 18 heavy (non-hydrogen) atoms. The van der Waals surface area contributed by atoms with Crippen molar-refractivity contribution in [3.8, 4) is 0 Å². The van der Waals surface area contributed by atoms with Crippen LogP contribution in [0.1, 0.15) is 45.4 Å². The van der Waals surface area contributed by atoms with Crippen molar-refractivity contribution in [2.45, 2.75) is 51.5 Å². The summed E-state index contributed by atoms with van der Waals surface area (Å²) in [6, 6.07) is 0.323. The number of hydrogen-bond donors (Lipinski definition) is 3. The molecule has 0 aromatic heterocycles. The molecule has 2 fully saturated rings. The average Bonchev–Trinajstić information content (AvgIpc) is 2.89. The minimum Gasteiger partial charge on any atom is -0.396 e. The zero-order valence-corrected chi connectivity index (χ0v) is 11.4. The van der Waals surface area contributed by atoms with E-state index in [0.29, 0.717) is 18.6 Å². The number of carbonyl (C=O) groups is 1. The van der Waals surface area contributed by atoms with E-state index in [-0.39, 0.29) is 11.3 Å². The van der Waals surface area contributed by atoms with Crippen LogP contribution in [0, 0.1) is 11.3 Å². The summed E-state index contributed by atoms with van der Waals surface area (Å²) in [5.41, 5.74) is -0.173. The Balaban J connectivity index is 1.84. The standard InChI is InChI=1S/C14H26N2O2/c1-2-14(7-8-15-10-14)13(18)16-12-5-3-11(9-17)4-6-12/h11-12,15,17H,2-10H2,1H3,(H,16,18). The fourth-order valence-electron chi connectivity index (χ4n) is 3.23. The van der Waals surface area contributed by atoms with Crippen molar-refractivity contribution in [3.05, 3.63) is 0 Å². The van der Waals surface area contributed by atoms with Crippen molar-refractivity contribution < 1.29 is 9.90 Å². The summed E-state index contributed by atoms with van der Waals surface area (Å²) in [5, 5.41) is 15.7. The number of amides is 1. The monoisotopic (exact) mass is 254 g/mol. The normalized spacial score (nSPS) is 36.6. The van der Waals surface area contributed by atoms with E-state index < -0.39 is 0 Å². The number of aliphatic hydroxyl groups excluding tert-OH is 1. The smallest absolute Gasteiger partial charge is 0.227 e. The molecule has 0 bridgehead atoms. The van der Waals surface area contributed by atoms with Crippen LogP contribution in [0.4, 0.5) is 0 Å². The maximum absolute atomic E-state index is 12.4. The van der Waals surface area contributed by atoms with Crippen LogP contribution in [0.3, 0.4) is 0 Å². The van der Waals surface area contributed by atoms with Gasteiger partial charge in [0.05, 0.1) is 5.41 Å². The number of hydrogen-bond acceptors (Lipinski definition) is 3. The van der Waals surface area contributed by atoms with Crippen molar-refractivity contribution in [3.63, 3.8) is 0 Å². The van der Waals surface area contributed by atoms with Crippen LogP contribution < -0.4 is 10.6 Å². The molecule has 1 amide bonds. The van der Waals surface area contributed by atoms with E-state index in [0.717, 1.165) is 51.6 Å². The molecule has 0 radical (unpaired) electrons. The molecule has 1 aliphatic carbocycles. The Morgan fingerprint density at radius 2 is 2.11 bits per heavy atom. The lowest BCUT2D eigenvalue weighted by atomic mass is 9.81. The highest BCUT2D eigenvalue weighted by atomic mass is 16.3. The van der Waals surface area contributed by atoms with Crippen LogP contribution >= 0.6 is 0 Å². The minimum absolute atomic E-state index is 0.173. The summed E-state index contributed by atoms with van der Waals surface area (Å²) in [6.07, 6.45) is 5.99. The predicted octanol–water partition coefficient (Wildman–Crippen LogP) is 1.04. The second kappa shape index (κ2) is 6.02. The molecule has 1 heterocycles. The van der Waals surface area contributed by atoms with Crippen molar-refractivity contribution in [1.29, 1.82) is 0 Å². The molecular weight excluding hydrogens is 228 g/mol. The lowest BCUT2D eigenvalue weighted by Gasteiger charge is -2.32. The topological polar surface area (TPSA) is 61.4 Å². The summed E-state index contributed by atoms with van der Waals surface area (Å²) in [4.78, 5) is 12.4. The maximum atomic E-state index is 12.4. The van der Waals surface area contributed by atoms with E-state index in [1.165, 1.54) is 0 Å². The molecular formula is C14H26N2O2. The minimum atomic E-state index is -0.173. The lowest BCUT2D eigenvalue weighted by Crippen LogP contribution is -2.47. The molecule has 1 saturated carbocycles. The zero-order valence-electron chi connectivity index (χ0n) is 11.4. The number of rotatable bonds is 4. The molecule has 2 aliphatic rings. The van der Waals surface area contributed by atoms with Crippen LogP contribution in [-0.2, 0) is 4.79 Å². The Morgan fingerprint density at radius 3 is 2.61 bits per heavy atom. The summed E-state index contributed by atoms with van der Waals surface area (Å²) in [7, 11) is 0. The van der Waals surface area contributed by atoms with Crippen LogP contribution in [0.2, 0.25) is 0 Å². The summed E-state index contributed by atoms with van der Waals surface area (Å²) in [5.74, 6) is 0.689. The Labute approximate surface area is 110 Å². The number of carbonyl (C=O) groups excluding carboxylic acids is 1. The van der Waals surface area contributed by atoms with E-state index >= 15 is 0 Å². The Morgan fingerprint density at radius 1 is 1.39 bits per heavy atom. The molecule has 1 unspecified atom stereocenters. The molecule has 0 aromatic carbocycles. The molecule has 1 aliphatic heterocycles. The van der Waals surface area contributed by atoms with E-state index in [2.05, 4.69) is 17.6 Å². The Hall–Kier alpha value is -0.610. The van der Waals surface area contributed by atoms with Crippen molar-refractivity contribution in [2.24, 2.45) is 11.3 Å². The molecule has 1 saturated heterocycles. The third-order valence-electron chi connectivity index (χ3n) is 4.84. The molecule has 4 heteroatoms. The van der Waals surface area contributed by atoms with E-state index in [1.807, 2.05) is 0 Å². The van der Waals surface area contributed by atoms with E-state index in [1.54, 1.807) is 0 Å². The molecule has 3 N–H and O–H groups in total. The highest BCUT2D eigenvalue weighted by molar-refractivity contribution is 5.83. The van der Waals surface area contributed by atoms with Crippen LogP contribution in [0.5, 0.6) is 0 Å². The van der Waals surface area contributed by atoms with Gasteiger partial charge in [-0.05, 0) is 51.0 Å². The van der Waals surface area contributed by atoms with Gasteiger partial charge in [-0.2, -0.15) is 0 Å². The molecule has 4 nitrogen and oxygen atoms in total. The average molecular weight is 254 g/mol. The fourth-order valence-corrected chi connectivity index (χ4v) is 3.23. The number of aliphatic hydroxyl groups is 1. The first kappa shape index (κ1) is 13.8. The Kier molecular flexibility index (Phi) is 4.62. The van der Waals surface area contributed by atoms with Crippen molar-refractivity contribution in [1.82, 2.24) is 10.6 Å². The molecule has 0 aromatic rings. The predicted molar refractivity (Wildman–Crippen MR) is 71.2 cm³/mol. The third-order valence-corrected chi connectivity index (χ3v) is 4.84. The largest absolute Gasteiger partial charge is 0.396 e. The van der Waals surface area contributed by atoms with Crippen LogP contribution in [0.25, 0.3) is 0 Å². The Bertz CT molecular complexity index is 280. The van der Waals surface area contributed by atoms with E-state index in [9.17, 15) is 4.79 Å². The van der Waals surface area contributed by atoms with Gasteiger partial charge >= 0.3 is 0 Å². The maximum Gasteiger partial charge on any atom is 0.227 e. The first-order valence-electron chi connectivity index (χ1n) is 7.33. The van der Waals surface area contributed by atoms with Gasteiger partial charge in [-0.1, -0.05) is 6.92 Å². The first-order chi connectivity index (χ1) is 8.70. The molecule has 1 atom stereocenters. The summed E-state index contributed by atoms with van der Waals surface area (Å²) < 4.78 is 0. The quantitative estimate of drug-likeness (QED) is 0.702. The molecule has 104 valence electrons. The van der Waals surface area contributed by atoms with E-state index in [4.69, 9.17) is 5.11 Å². The van der Waals surface area contributed by atoms with Gasteiger partial charge in [-0.15, -0.1) is 0 Å². The van der Waals surface area contributed by atoms with Gasteiger partial charge in [0.15, 0.2) is 0 Å². The second-order valence-electron chi connectivity index (χ2n) is 5.93. The summed E-state index contributed by atoms with van der Waals surface area (Å²) >= 11 is 0. The first-order valence-corrected chi connectivity index (χ1v) is 7.33. The molecule has 0 spiro atoms. The van der Waals surface area contributed by atoms with Crippen molar-refractivity contribution in [2.75, 3.05) is 19.7 Å². The van der Waals surface area contributed by atoms with Gasteiger partial charge < -0.3 is 15.7 Å². The molecule has 2 rings (SSSR count). The number of nitrogens with one attached hydrogen (secondary N) is 2. The highest BCUT2D eigenvalue weighted by Crippen LogP contribution is 2.31. The van der Waals surface area contributed by atoms with Crippen LogP contribution in [0.15, 0.2) is 0 Å². The van der Waals surface area contributed by atoms with Crippen LogP contribution in [-0.4, -0.2) is 36.8 Å². The van der Waals surface area contributed by atoms with Gasteiger partial charge in [0.2, 0.25) is 5.91 Å². The summed E-state index contributed by atoms with van der Waals surface area (Å²) in [6.45, 7) is 4.18. The SMILES string of the molecule is CCC1(C(=O)NC2CCC(CO)CC2)CCNC1. The van der Waals surface area contributed by atoms with Gasteiger partial charge in [0, 0.05) is 19.2 Å². The lowest BCUT2D eigenvalue weighted by molar-refractivity contribution is -0.131. The second-order valence-corrected chi connectivity index (χ2v) is 5.93. The third kappa shape index (κ3) is 2.86. The zero-order chi connectivity index (χ0) is 13.0. The highest BCUT2D eigenvalue weighted by Gasteiger charge is 2.40. The van der Waals surface area contributed by atoms with Gasteiger partial charge in [0.1, 0.15) is 0 Å². The van der Waals surface area contributed by atoms with Gasteiger partial charge in [-0.25, -0.2) is 0 Å². The van der Waals surface area contributed by atoms with Crippen molar-refractivity contribution >= 4 is 5.91 Å². The van der Waals surface area contributed by atoms with Gasteiger partial charge in [0.25, 0.3) is 0 Å².